The van der Waals surface area contributed by atoms with Crippen molar-refractivity contribution in [1.82, 2.24) is 10.3 Å². The topological polar surface area (TPSA) is 110 Å². The first-order valence-electron chi connectivity index (χ1n) is 8.91. The van der Waals surface area contributed by atoms with Crippen LogP contribution in [0.3, 0.4) is 0 Å². The number of carbonyl (C=O) groups is 2. The highest BCUT2D eigenvalue weighted by molar-refractivity contribution is 6.17. The maximum absolute atomic E-state index is 12.3. The second kappa shape index (κ2) is 6.69. The molecule has 0 saturated carbocycles. The van der Waals surface area contributed by atoms with Gasteiger partial charge in [0.15, 0.2) is 12.1 Å². The molecule has 0 aliphatic carbocycles. The summed E-state index contributed by atoms with van der Waals surface area (Å²) in [5.74, 6) is -1.30. The fourth-order valence-corrected chi connectivity index (χ4v) is 2.89. The minimum Gasteiger partial charge on any atom is -0.478 e. The maximum atomic E-state index is 12.3. The van der Waals surface area contributed by atoms with Crippen molar-refractivity contribution in [3.63, 3.8) is 0 Å². The van der Waals surface area contributed by atoms with Crippen molar-refractivity contribution in [3.05, 3.63) is 29.1 Å². The lowest BCUT2D eigenvalue weighted by molar-refractivity contribution is -0.226. The SMILES string of the molecule is CC(C)C1(C)N=C(c2ncc(C3OCC(C)(C)CO3)cc2C(=O)O)NC1=O. The lowest BCUT2D eigenvalue weighted by Crippen LogP contribution is -2.41. The highest BCUT2D eigenvalue weighted by Gasteiger charge is 2.43. The molecule has 1 aromatic rings. The van der Waals surface area contributed by atoms with Gasteiger partial charge >= 0.3 is 5.97 Å². The first kappa shape index (κ1) is 19.4. The molecule has 2 N–H and O–H groups in total. The number of carbonyl (C=O) groups excluding carboxylic acids is 1. The molecule has 1 unspecified atom stereocenters. The quantitative estimate of drug-likeness (QED) is 0.834. The summed E-state index contributed by atoms with van der Waals surface area (Å²) in [4.78, 5) is 32.8. The minimum atomic E-state index is -1.16. The summed E-state index contributed by atoms with van der Waals surface area (Å²) in [5, 5.41) is 12.3. The average molecular weight is 375 g/mol. The van der Waals surface area contributed by atoms with E-state index in [1.54, 1.807) is 6.92 Å². The summed E-state index contributed by atoms with van der Waals surface area (Å²) in [6.07, 6.45) is 0.837. The average Bonchev–Trinajstić information content (AvgIpc) is 2.91. The summed E-state index contributed by atoms with van der Waals surface area (Å²) in [7, 11) is 0. The molecular formula is C19H25N3O5. The van der Waals surface area contributed by atoms with Gasteiger partial charge in [-0.1, -0.05) is 27.7 Å². The highest BCUT2D eigenvalue weighted by atomic mass is 16.7. The van der Waals surface area contributed by atoms with E-state index in [0.717, 1.165) is 0 Å². The van der Waals surface area contributed by atoms with Crippen LogP contribution < -0.4 is 5.32 Å². The molecule has 27 heavy (non-hydrogen) atoms. The van der Waals surface area contributed by atoms with Gasteiger partial charge in [-0.05, 0) is 18.9 Å². The molecule has 3 rings (SSSR count). The second-order valence-electron chi connectivity index (χ2n) is 8.30. The van der Waals surface area contributed by atoms with Crippen molar-refractivity contribution in [2.75, 3.05) is 13.2 Å². The van der Waals surface area contributed by atoms with Gasteiger partial charge in [0, 0.05) is 17.2 Å². The van der Waals surface area contributed by atoms with Gasteiger partial charge in [0.1, 0.15) is 11.2 Å². The van der Waals surface area contributed by atoms with Gasteiger partial charge in [0.25, 0.3) is 5.91 Å². The van der Waals surface area contributed by atoms with E-state index in [4.69, 9.17) is 9.47 Å². The zero-order valence-electron chi connectivity index (χ0n) is 16.2. The molecule has 1 aromatic heterocycles. The zero-order valence-corrected chi connectivity index (χ0v) is 16.2. The Morgan fingerprint density at radius 1 is 1.30 bits per heavy atom. The number of pyridine rings is 1. The van der Waals surface area contributed by atoms with Crippen molar-refractivity contribution in [2.45, 2.75) is 46.4 Å². The molecule has 146 valence electrons. The van der Waals surface area contributed by atoms with E-state index < -0.39 is 17.8 Å². The molecular weight excluding hydrogens is 350 g/mol. The molecule has 3 heterocycles. The van der Waals surface area contributed by atoms with Gasteiger partial charge < -0.3 is 19.9 Å². The number of amides is 1. The van der Waals surface area contributed by atoms with Crippen LogP contribution in [0.5, 0.6) is 0 Å². The number of aromatic nitrogens is 1. The Morgan fingerprint density at radius 3 is 2.44 bits per heavy atom. The van der Waals surface area contributed by atoms with Crippen molar-refractivity contribution >= 4 is 17.7 Å². The number of carboxylic acid groups (broad SMARTS) is 1. The van der Waals surface area contributed by atoms with Crippen LogP contribution in [0.4, 0.5) is 0 Å². The van der Waals surface area contributed by atoms with Crippen molar-refractivity contribution < 1.29 is 24.2 Å². The number of aliphatic imine (C=N–C) groups is 1. The number of carboxylic acids is 1. The van der Waals surface area contributed by atoms with Crippen LogP contribution in [0.2, 0.25) is 0 Å². The van der Waals surface area contributed by atoms with Gasteiger partial charge in [-0.2, -0.15) is 0 Å². The third kappa shape index (κ3) is 3.59. The second-order valence-corrected chi connectivity index (χ2v) is 8.30. The van der Waals surface area contributed by atoms with E-state index >= 15 is 0 Å². The predicted octanol–water partition coefficient (Wildman–Crippen LogP) is 2.14. The van der Waals surface area contributed by atoms with Gasteiger partial charge in [-0.25, -0.2) is 9.79 Å². The largest absolute Gasteiger partial charge is 0.478 e. The number of rotatable bonds is 4. The van der Waals surface area contributed by atoms with Crippen LogP contribution in [-0.4, -0.2) is 46.6 Å². The Morgan fingerprint density at radius 2 is 1.93 bits per heavy atom. The first-order chi connectivity index (χ1) is 12.5. The number of nitrogens with one attached hydrogen (secondary N) is 1. The number of hydrogen-bond acceptors (Lipinski definition) is 6. The van der Waals surface area contributed by atoms with Crippen molar-refractivity contribution in [2.24, 2.45) is 16.3 Å². The standard InChI is InChI=1S/C19H25N3O5/c1-10(2)19(5)17(25)21-14(22-19)13-12(15(23)24)6-11(7-20-13)16-26-8-18(3,4)9-27-16/h6-7,10,16H,8-9H2,1-5H3,(H,23,24)(H,21,22,25). The number of ether oxygens (including phenoxy) is 2. The number of hydrogen-bond donors (Lipinski definition) is 2. The van der Waals surface area contributed by atoms with Crippen LogP contribution in [-0.2, 0) is 14.3 Å². The van der Waals surface area contributed by atoms with Gasteiger partial charge in [-0.3, -0.25) is 9.78 Å². The fraction of sp³-hybridized carbons (Fsp3) is 0.579. The fourth-order valence-electron chi connectivity index (χ4n) is 2.89. The lowest BCUT2D eigenvalue weighted by Gasteiger charge is -2.34. The maximum Gasteiger partial charge on any atom is 0.338 e. The molecule has 0 radical (unpaired) electrons. The van der Waals surface area contributed by atoms with E-state index in [1.165, 1.54) is 12.3 Å². The van der Waals surface area contributed by atoms with Gasteiger partial charge in [0.05, 0.1) is 18.8 Å². The predicted molar refractivity (Wildman–Crippen MR) is 97.5 cm³/mol. The Kier molecular flexibility index (Phi) is 4.81. The summed E-state index contributed by atoms with van der Waals surface area (Å²) >= 11 is 0. The number of nitrogens with zero attached hydrogens (tertiary/aromatic N) is 2. The Labute approximate surface area is 158 Å². The van der Waals surface area contributed by atoms with Crippen molar-refractivity contribution in [1.29, 1.82) is 0 Å². The van der Waals surface area contributed by atoms with E-state index in [1.807, 2.05) is 27.7 Å². The monoisotopic (exact) mass is 375 g/mol. The Balaban J connectivity index is 1.94. The van der Waals surface area contributed by atoms with E-state index in [0.29, 0.717) is 18.8 Å². The van der Waals surface area contributed by atoms with E-state index in [-0.39, 0.29) is 34.3 Å². The van der Waals surface area contributed by atoms with Crippen LogP contribution in [0.15, 0.2) is 17.3 Å². The molecule has 1 amide bonds. The van der Waals surface area contributed by atoms with Gasteiger partial charge in [0.2, 0.25) is 0 Å². The summed E-state index contributed by atoms with van der Waals surface area (Å²) in [6, 6.07) is 1.47. The molecule has 1 atom stereocenters. The molecule has 1 fully saturated rings. The smallest absolute Gasteiger partial charge is 0.338 e. The third-order valence-corrected chi connectivity index (χ3v) is 5.05. The van der Waals surface area contributed by atoms with E-state index in [2.05, 4.69) is 15.3 Å². The van der Waals surface area contributed by atoms with Crippen LogP contribution >= 0.6 is 0 Å². The summed E-state index contributed by atoms with van der Waals surface area (Å²) in [6.45, 7) is 10.6. The Bertz CT molecular complexity index is 808. The van der Waals surface area contributed by atoms with E-state index in [9.17, 15) is 14.7 Å². The van der Waals surface area contributed by atoms with Crippen molar-refractivity contribution in [3.8, 4) is 0 Å². The molecule has 2 aliphatic heterocycles. The van der Waals surface area contributed by atoms with Gasteiger partial charge in [-0.15, -0.1) is 0 Å². The molecule has 0 spiro atoms. The molecule has 0 bridgehead atoms. The molecule has 8 nitrogen and oxygen atoms in total. The third-order valence-electron chi connectivity index (χ3n) is 5.05. The minimum absolute atomic E-state index is 0.0463. The molecule has 0 aromatic carbocycles. The van der Waals surface area contributed by atoms with Crippen LogP contribution in [0.25, 0.3) is 0 Å². The summed E-state index contributed by atoms with van der Waals surface area (Å²) in [5.41, 5.74) is -0.462. The van der Waals surface area contributed by atoms with Crippen LogP contribution in [0, 0.1) is 11.3 Å². The molecule has 2 aliphatic rings. The summed E-state index contributed by atoms with van der Waals surface area (Å²) < 4.78 is 11.4. The lowest BCUT2D eigenvalue weighted by atomic mass is 9.89. The number of aromatic carboxylic acids is 1. The molecule has 8 heteroatoms. The zero-order chi connectivity index (χ0) is 20.0. The highest BCUT2D eigenvalue weighted by Crippen LogP contribution is 2.32. The number of amidine groups is 1. The normalized spacial score (nSPS) is 25.4. The molecule has 1 saturated heterocycles. The first-order valence-corrected chi connectivity index (χ1v) is 8.91. The Hall–Kier alpha value is -2.32. The van der Waals surface area contributed by atoms with Crippen LogP contribution in [0.1, 0.15) is 62.5 Å².